The zero-order valence-electron chi connectivity index (χ0n) is 9.61. The van der Waals surface area contributed by atoms with E-state index in [0.29, 0.717) is 31.2 Å². The second kappa shape index (κ2) is 4.94. The molecule has 1 N–H and O–H groups in total. The summed E-state index contributed by atoms with van der Waals surface area (Å²) in [5.74, 6) is 0. The molecule has 0 spiro atoms. The molecule has 1 heterocycles. The smallest absolute Gasteiger partial charge is 0.244 e. The summed E-state index contributed by atoms with van der Waals surface area (Å²) in [7, 11) is -3.45. The molecule has 1 aliphatic rings. The Balaban J connectivity index is 2.37. The molecule has 0 amide bonds. The zero-order valence-corrected chi connectivity index (χ0v) is 11.2. The number of rotatable bonds is 2. The van der Waals surface area contributed by atoms with Crippen LogP contribution in [-0.2, 0) is 10.0 Å². The SMILES string of the molecule is Cc1ccc(S(=O)(=O)N2CCNCC2)c(Cl)c1. The summed E-state index contributed by atoms with van der Waals surface area (Å²) in [5.41, 5.74) is 0.953. The molecule has 6 heteroatoms. The lowest BCUT2D eigenvalue weighted by Crippen LogP contribution is -2.46. The molecule has 2 rings (SSSR count). The van der Waals surface area contributed by atoms with Gasteiger partial charge in [0, 0.05) is 26.2 Å². The summed E-state index contributed by atoms with van der Waals surface area (Å²) in [6.45, 7) is 4.23. The third-order valence-corrected chi connectivity index (χ3v) is 5.16. The highest BCUT2D eigenvalue weighted by molar-refractivity contribution is 7.89. The second-order valence-electron chi connectivity index (χ2n) is 4.09. The van der Waals surface area contributed by atoms with Crippen LogP contribution < -0.4 is 5.32 Å². The fraction of sp³-hybridized carbons (Fsp3) is 0.455. The molecule has 17 heavy (non-hydrogen) atoms. The fourth-order valence-corrected chi connectivity index (χ4v) is 3.85. The molecule has 0 saturated carbocycles. The number of aryl methyl sites for hydroxylation is 1. The van der Waals surface area contributed by atoms with Crippen LogP contribution in [0.5, 0.6) is 0 Å². The highest BCUT2D eigenvalue weighted by atomic mass is 35.5. The van der Waals surface area contributed by atoms with E-state index in [-0.39, 0.29) is 4.90 Å². The van der Waals surface area contributed by atoms with Gasteiger partial charge in [0.25, 0.3) is 0 Å². The first-order valence-corrected chi connectivity index (χ1v) is 7.30. The molecule has 94 valence electrons. The molecule has 0 aromatic heterocycles. The van der Waals surface area contributed by atoms with Crippen molar-refractivity contribution in [2.75, 3.05) is 26.2 Å². The van der Waals surface area contributed by atoms with Crippen LogP contribution in [-0.4, -0.2) is 38.9 Å². The van der Waals surface area contributed by atoms with Crippen molar-refractivity contribution in [1.29, 1.82) is 0 Å². The molecule has 1 aromatic rings. The van der Waals surface area contributed by atoms with Gasteiger partial charge in [-0.3, -0.25) is 0 Å². The third-order valence-electron chi connectivity index (χ3n) is 2.78. The van der Waals surface area contributed by atoms with E-state index in [4.69, 9.17) is 11.6 Å². The number of halogens is 1. The number of sulfonamides is 1. The molecule has 1 saturated heterocycles. The van der Waals surface area contributed by atoms with E-state index in [0.717, 1.165) is 5.56 Å². The fourth-order valence-electron chi connectivity index (χ4n) is 1.84. The van der Waals surface area contributed by atoms with Crippen LogP contribution in [0.15, 0.2) is 23.1 Å². The highest BCUT2D eigenvalue weighted by Crippen LogP contribution is 2.25. The lowest BCUT2D eigenvalue weighted by Gasteiger charge is -2.26. The van der Waals surface area contributed by atoms with Crippen molar-refractivity contribution in [2.24, 2.45) is 0 Å². The number of nitrogens with one attached hydrogen (secondary N) is 1. The monoisotopic (exact) mass is 274 g/mol. The number of hydrogen-bond acceptors (Lipinski definition) is 3. The van der Waals surface area contributed by atoms with Crippen LogP contribution >= 0.6 is 11.6 Å². The average molecular weight is 275 g/mol. The Morgan fingerprint density at radius 3 is 2.53 bits per heavy atom. The van der Waals surface area contributed by atoms with Crippen molar-refractivity contribution in [3.8, 4) is 0 Å². The Morgan fingerprint density at radius 1 is 1.29 bits per heavy atom. The standard InChI is InChI=1S/C11H15ClN2O2S/c1-9-2-3-11(10(12)8-9)17(15,16)14-6-4-13-5-7-14/h2-3,8,13H,4-7H2,1H3. The Hall–Kier alpha value is -0.620. The van der Waals surface area contributed by atoms with Crippen LogP contribution in [0, 0.1) is 6.92 Å². The van der Waals surface area contributed by atoms with Gasteiger partial charge >= 0.3 is 0 Å². The van der Waals surface area contributed by atoms with Crippen LogP contribution in [0.4, 0.5) is 0 Å². The van der Waals surface area contributed by atoms with Gasteiger partial charge in [-0.1, -0.05) is 17.7 Å². The van der Waals surface area contributed by atoms with Gasteiger partial charge in [-0.05, 0) is 24.6 Å². The van der Waals surface area contributed by atoms with Gasteiger partial charge in [0.2, 0.25) is 10.0 Å². The van der Waals surface area contributed by atoms with Crippen LogP contribution in [0.25, 0.3) is 0 Å². The first-order chi connectivity index (χ1) is 8.01. The Bertz CT molecular complexity index is 510. The number of benzene rings is 1. The topological polar surface area (TPSA) is 49.4 Å². The molecule has 0 radical (unpaired) electrons. The van der Waals surface area contributed by atoms with E-state index in [1.807, 2.05) is 6.92 Å². The summed E-state index contributed by atoms with van der Waals surface area (Å²) in [5, 5.41) is 3.42. The minimum atomic E-state index is -3.45. The summed E-state index contributed by atoms with van der Waals surface area (Å²) in [4.78, 5) is 0.201. The van der Waals surface area contributed by atoms with Gasteiger partial charge in [-0.25, -0.2) is 8.42 Å². The molecule has 0 unspecified atom stereocenters. The lowest BCUT2D eigenvalue weighted by molar-refractivity contribution is 0.360. The van der Waals surface area contributed by atoms with Gasteiger partial charge in [-0.15, -0.1) is 0 Å². The number of hydrogen-bond donors (Lipinski definition) is 1. The van der Waals surface area contributed by atoms with Crippen LogP contribution in [0.3, 0.4) is 0 Å². The van der Waals surface area contributed by atoms with Crippen molar-refractivity contribution in [3.05, 3.63) is 28.8 Å². The van der Waals surface area contributed by atoms with Crippen molar-refractivity contribution in [1.82, 2.24) is 9.62 Å². The normalized spacial score (nSPS) is 18.2. The Morgan fingerprint density at radius 2 is 1.94 bits per heavy atom. The maximum Gasteiger partial charge on any atom is 0.244 e. The van der Waals surface area contributed by atoms with Crippen molar-refractivity contribution < 1.29 is 8.42 Å². The first kappa shape index (κ1) is 12.8. The maximum atomic E-state index is 12.3. The molecule has 0 bridgehead atoms. The van der Waals surface area contributed by atoms with E-state index in [2.05, 4.69) is 5.32 Å². The third kappa shape index (κ3) is 2.63. The average Bonchev–Trinajstić information content (AvgIpc) is 2.29. The molecular weight excluding hydrogens is 260 g/mol. The van der Waals surface area contributed by atoms with Gasteiger partial charge < -0.3 is 5.32 Å². The van der Waals surface area contributed by atoms with Gasteiger partial charge in [0.15, 0.2) is 0 Å². The molecule has 1 fully saturated rings. The Kier molecular flexibility index (Phi) is 3.73. The lowest BCUT2D eigenvalue weighted by atomic mass is 10.2. The van der Waals surface area contributed by atoms with E-state index in [9.17, 15) is 8.42 Å². The minimum absolute atomic E-state index is 0.201. The summed E-state index contributed by atoms with van der Waals surface area (Å²) in [6, 6.07) is 5.02. The highest BCUT2D eigenvalue weighted by Gasteiger charge is 2.27. The molecule has 1 aliphatic heterocycles. The largest absolute Gasteiger partial charge is 0.314 e. The molecular formula is C11H15ClN2O2S. The van der Waals surface area contributed by atoms with Crippen LogP contribution in [0.2, 0.25) is 5.02 Å². The first-order valence-electron chi connectivity index (χ1n) is 5.49. The maximum absolute atomic E-state index is 12.3. The molecule has 0 aliphatic carbocycles. The van der Waals surface area contributed by atoms with Crippen molar-refractivity contribution >= 4 is 21.6 Å². The minimum Gasteiger partial charge on any atom is -0.314 e. The number of piperazine rings is 1. The van der Waals surface area contributed by atoms with Gasteiger partial charge in [-0.2, -0.15) is 4.31 Å². The predicted octanol–water partition coefficient (Wildman–Crippen LogP) is 1.24. The van der Waals surface area contributed by atoms with Crippen molar-refractivity contribution in [2.45, 2.75) is 11.8 Å². The van der Waals surface area contributed by atoms with Gasteiger partial charge in [0.05, 0.1) is 5.02 Å². The molecule has 4 nitrogen and oxygen atoms in total. The van der Waals surface area contributed by atoms with E-state index in [1.54, 1.807) is 18.2 Å². The summed E-state index contributed by atoms with van der Waals surface area (Å²) in [6.07, 6.45) is 0. The molecule has 0 atom stereocenters. The van der Waals surface area contributed by atoms with Crippen LogP contribution in [0.1, 0.15) is 5.56 Å². The summed E-state index contributed by atoms with van der Waals surface area (Å²) < 4.78 is 26.1. The quantitative estimate of drug-likeness (QED) is 0.883. The van der Waals surface area contributed by atoms with Gasteiger partial charge in [0.1, 0.15) is 4.90 Å². The summed E-state index contributed by atoms with van der Waals surface area (Å²) >= 11 is 6.01. The molecule has 1 aromatic carbocycles. The second-order valence-corrected chi connectivity index (χ2v) is 6.40. The predicted molar refractivity (Wildman–Crippen MR) is 67.8 cm³/mol. The van der Waals surface area contributed by atoms with Crippen molar-refractivity contribution in [3.63, 3.8) is 0 Å². The zero-order chi connectivity index (χ0) is 12.5. The van der Waals surface area contributed by atoms with E-state index >= 15 is 0 Å². The van der Waals surface area contributed by atoms with E-state index in [1.165, 1.54) is 4.31 Å². The number of nitrogens with zero attached hydrogens (tertiary/aromatic N) is 1. The Labute approximate surface area is 107 Å². The van der Waals surface area contributed by atoms with E-state index < -0.39 is 10.0 Å².